The molecule has 1 aliphatic heterocycles. The lowest BCUT2D eigenvalue weighted by molar-refractivity contribution is 0.0544. The third-order valence-electron chi connectivity index (χ3n) is 2.50. The van der Waals surface area contributed by atoms with E-state index in [1.165, 1.54) is 0 Å². The lowest BCUT2D eigenvalue weighted by Gasteiger charge is -2.31. The van der Waals surface area contributed by atoms with E-state index in [0.29, 0.717) is 19.0 Å². The molecule has 0 aliphatic carbocycles. The third kappa shape index (κ3) is 3.56. The molecule has 0 saturated carbocycles. The number of alkyl halides is 2. The second kappa shape index (κ2) is 4.86. The molecule has 0 amide bonds. The van der Waals surface area contributed by atoms with E-state index in [2.05, 4.69) is 10.2 Å². The molecule has 1 saturated heterocycles. The van der Waals surface area contributed by atoms with Crippen molar-refractivity contribution in [2.24, 2.45) is 5.92 Å². The van der Waals surface area contributed by atoms with Crippen LogP contribution in [0.3, 0.4) is 0 Å². The molecule has 78 valence electrons. The number of hydrogen-bond donors (Lipinski definition) is 1. The van der Waals surface area contributed by atoms with Crippen molar-refractivity contribution in [1.82, 2.24) is 10.2 Å². The highest BCUT2D eigenvalue weighted by Crippen LogP contribution is 2.20. The molecule has 0 aromatic heterocycles. The lowest BCUT2D eigenvalue weighted by Crippen LogP contribution is -2.46. The predicted molar refractivity (Wildman–Crippen MR) is 49.1 cm³/mol. The summed E-state index contributed by atoms with van der Waals surface area (Å²) in [6.45, 7) is 1.41. The van der Waals surface area contributed by atoms with Gasteiger partial charge in [0.2, 0.25) is 6.43 Å². The van der Waals surface area contributed by atoms with Crippen molar-refractivity contribution in [2.75, 3.05) is 27.2 Å². The van der Waals surface area contributed by atoms with Crippen LogP contribution in [0.15, 0.2) is 0 Å². The number of hydrogen-bond acceptors (Lipinski definition) is 2. The smallest absolute Gasteiger partial charge is 0.242 e. The molecule has 0 aromatic rings. The molecule has 1 N–H and O–H groups in total. The van der Waals surface area contributed by atoms with Crippen LogP contribution in [0.1, 0.15) is 12.8 Å². The Morgan fingerprint density at radius 3 is 2.46 bits per heavy atom. The van der Waals surface area contributed by atoms with Gasteiger partial charge in [0.1, 0.15) is 0 Å². The van der Waals surface area contributed by atoms with Gasteiger partial charge < -0.3 is 10.2 Å². The summed E-state index contributed by atoms with van der Waals surface area (Å²) in [6.07, 6.45) is -0.635. The molecule has 2 nitrogen and oxygen atoms in total. The highest BCUT2D eigenvalue weighted by Gasteiger charge is 2.26. The molecular weight excluding hydrogens is 174 g/mol. The summed E-state index contributed by atoms with van der Waals surface area (Å²) >= 11 is 0. The van der Waals surface area contributed by atoms with E-state index < -0.39 is 12.3 Å². The Balaban J connectivity index is 2.22. The summed E-state index contributed by atoms with van der Waals surface area (Å²) in [5.74, 6) is -0.432. The zero-order chi connectivity index (χ0) is 9.84. The second-order valence-corrected chi connectivity index (χ2v) is 4.04. The molecule has 0 spiro atoms. The molecule has 1 fully saturated rings. The molecule has 1 aliphatic rings. The minimum absolute atomic E-state index is 0.394. The summed E-state index contributed by atoms with van der Waals surface area (Å²) in [4.78, 5) is 2.08. The van der Waals surface area contributed by atoms with Gasteiger partial charge in [-0.05, 0) is 26.9 Å². The number of piperidine rings is 1. The average molecular weight is 192 g/mol. The van der Waals surface area contributed by atoms with Crippen LogP contribution < -0.4 is 5.32 Å². The zero-order valence-corrected chi connectivity index (χ0v) is 8.26. The average Bonchev–Trinajstić information content (AvgIpc) is 2.04. The van der Waals surface area contributed by atoms with E-state index in [4.69, 9.17) is 0 Å². The van der Waals surface area contributed by atoms with Gasteiger partial charge >= 0.3 is 0 Å². The van der Waals surface area contributed by atoms with E-state index in [1.54, 1.807) is 0 Å². The first-order valence-electron chi connectivity index (χ1n) is 4.76. The van der Waals surface area contributed by atoms with Crippen LogP contribution in [0, 0.1) is 5.92 Å². The van der Waals surface area contributed by atoms with Gasteiger partial charge in [-0.15, -0.1) is 0 Å². The monoisotopic (exact) mass is 192 g/mol. The minimum Gasteiger partial charge on any atom is -0.312 e. The molecule has 2 atom stereocenters. The Morgan fingerprint density at radius 2 is 2.08 bits per heavy atom. The maximum Gasteiger partial charge on any atom is 0.242 e. The first kappa shape index (κ1) is 10.9. The summed E-state index contributed by atoms with van der Waals surface area (Å²) < 4.78 is 24.5. The standard InChI is InChI=1S/C9H18F2N2/c1-13(2)6-8-4-3-7(5-12-8)9(10)11/h7-9,12H,3-6H2,1-2H3/t7-,8+/m0/s1. The first-order chi connectivity index (χ1) is 6.09. The van der Waals surface area contributed by atoms with Crippen LogP contribution in [-0.2, 0) is 0 Å². The number of nitrogens with zero attached hydrogens (tertiary/aromatic N) is 1. The van der Waals surface area contributed by atoms with Crippen LogP contribution >= 0.6 is 0 Å². The molecule has 1 rings (SSSR count). The molecular formula is C9H18F2N2. The topological polar surface area (TPSA) is 15.3 Å². The summed E-state index contributed by atoms with van der Waals surface area (Å²) in [5.41, 5.74) is 0. The molecule has 0 bridgehead atoms. The summed E-state index contributed by atoms with van der Waals surface area (Å²) in [7, 11) is 4.00. The Kier molecular flexibility index (Phi) is 4.06. The fourth-order valence-corrected chi connectivity index (χ4v) is 1.75. The quantitative estimate of drug-likeness (QED) is 0.722. The fraction of sp³-hybridized carbons (Fsp3) is 1.00. The Morgan fingerprint density at radius 1 is 1.38 bits per heavy atom. The van der Waals surface area contributed by atoms with E-state index in [1.807, 2.05) is 14.1 Å². The van der Waals surface area contributed by atoms with Crippen molar-refractivity contribution in [1.29, 1.82) is 0 Å². The van der Waals surface area contributed by atoms with E-state index in [9.17, 15) is 8.78 Å². The van der Waals surface area contributed by atoms with Crippen LogP contribution in [0.5, 0.6) is 0 Å². The van der Waals surface area contributed by atoms with Gasteiger partial charge in [-0.3, -0.25) is 0 Å². The van der Waals surface area contributed by atoms with E-state index in [0.717, 1.165) is 13.0 Å². The number of rotatable bonds is 3. The van der Waals surface area contributed by atoms with Gasteiger partial charge in [0.15, 0.2) is 0 Å². The van der Waals surface area contributed by atoms with E-state index >= 15 is 0 Å². The maximum absolute atomic E-state index is 12.3. The van der Waals surface area contributed by atoms with Gasteiger partial charge in [0, 0.05) is 25.0 Å². The van der Waals surface area contributed by atoms with Crippen molar-refractivity contribution in [3.63, 3.8) is 0 Å². The van der Waals surface area contributed by atoms with Crippen molar-refractivity contribution >= 4 is 0 Å². The fourth-order valence-electron chi connectivity index (χ4n) is 1.75. The van der Waals surface area contributed by atoms with Crippen molar-refractivity contribution < 1.29 is 8.78 Å². The van der Waals surface area contributed by atoms with Crippen LogP contribution in [0.25, 0.3) is 0 Å². The van der Waals surface area contributed by atoms with Gasteiger partial charge in [0.05, 0.1) is 0 Å². The summed E-state index contributed by atoms with van der Waals surface area (Å²) in [5, 5.41) is 3.16. The Hall–Kier alpha value is -0.220. The van der Waals surface area contributed by atoms with Gasteiger partial charge in [-0.2, -0.15) is 0 Å². The lowest BCUT2D eigenvalue weighted by atomic mass is 9.95. The highest BCUT2D eigenvalue weighted by atomic mass is 19.3. The van der Waals surface area contributed by atoms with Gasteiger partial charge in [-0.25, -0.2) is 8.78 Å². The Labute approximate surface area is 78.3 Å². The number of halogens is 2. The molecule has 1 heterocycles. The van der Waals surface area contributed by atoms with Gasteiger partial charge in [0.25, 0.3) is 0 Å². The highest BCUT2D eigenvalue weighted by molar-refractivity contribution is 4.80. The molecule has 0 aromatic carbocycles. The molecule has 0 unspecified atom stereocenters. The van der Waals surface area contributed by atoms with Crippen LogP contribution in [-0.4, -0.2) is 44.6 Å². The maximum atomic E-state index is 12.3. The first-order valence-corrected chi connectivity index (χ1v) is 4.76. The molecule has 13 heavy (non-hydrogen) atoms. The number of likely N-dealkylation sites (N-methyl/N-ethyl adjacent to an activating group) is 1. The normalized spacial score (nSPS) is 30.0. The van der Waals surface area contributed by atoms with Crippen molar-refractivity contribution in [3.8, 4) is 0 Å². The zero-order valence-electron chi connectivity index (χ0n) is 8.26. The molecule has 0 radical (unpaired) electrons. The van der Waals surface area contributed by atoms with Crippen LogP contribution in [0.2, 0.25) is 0 Å². The Bertz CT molecular complexity index is 143. The van der Waals surface area contributed by atoms with Crippen LogP contribution in [0.4, 0.5) is 8.78 Å². The van der Waals surface area contributed by atoms with Gasteiger partial charge in [-0.1, -0.05) is 0 Å². The largest absolute Gasteiger partial charge is 0.312 e. The van der Waals surface area contributed by atoms with E-state index in [-0.39, 0.29) is 0 Å². The van der Waals surface area contributed by atoms with Crippen molar-refractivity contribution in [2.45, 2.75) is 25.3 Å². The predicted octanol–water partition coefficient (Wildman–Crippen LogP) is 1.18. The SMILES string of the molecule is CN(C)C[C@H]1CC[C@H](C(F)F)CN1. The second-order valence-electron chi connectivity index (χ2n) is 4.04. The molecule has 4 heteroatoms. The summed E-state index contributed by atoms with van der Waals surface area (Å²) in [6, 6.07) is 0.394. The number of nitrogens with one attached hydrogen (secondary N) is 1. The van der Waals surface area contributed by atoms with Crippen molar-refractivity contribution in [3.05, 3.63) is 0 Å². The minimum atomic E-state index is -2.16. The third-order valence-corrected chi connectivity index (χ3v) is 2.50.